The van der Waals surface area contributed by atoms with Gasteiger partial charge in [-0.2, -0.15) is 0 Å². The molecule has 0 amide bonds. The minimum Gasteiger partial charge on any atom is -0.457 e. The highest BCUT2D eigenvalue weighted by Crippen LogP contribution is 2.43. The first-order valence-electron chi connectivity index (χ1n) is 16.0. The van der Waals surface area contributed by atoms with Gasteiger partial charge in [0, 0.05) is 19.6 Å². The third kappa shape index (κ3) is 28.8. The number of phosphoric ester groups is 1. The molecule has 0 rings (SSSR count). The highest BCUT2D eigenvalue weighted by Gasteiger charge is 2.25. The van der Waals surface area contributed by atoms with Crippen molar-refractivity contribution in [1.82, 2.24) is 0 Å². The van der Waals surface area contributed by atoms with Crippen molar-refractivity contribution in [1.29, 1.82) is 0 Å². The lowest BCUT2D eigenvalue weighted by atomic mass is 10.0. The quantitative estimate of drug-likeness (QED) is 0.0479. The fourth-order valence-electron chi connectivity index (χ4n) is 4.41. The number of esters is 1. The standard InChI is InChI=1S/C30H62NO7P/c1-3-5-7-9-11-12-13-14-15-16-17-19-21-23-30(32)38-29(28-37-39(33,34)36-26-24-31)27-35-25-22-20-18-10-8-6-4-2/h29H,3-28,31H2,1-2H3,(H,33,34). The van der Waals surface area contributed by atoms with Crippen molar-refractivity contribution in [3.63, 3.8) is 0 Å². The Morgan fingerprint density at radius 1 is 0.667 bits per heavy atom. The molecule has 0 aromatic heterocycles. The molecule has 2 unspecified atom stereocenters. The van der Waals surface area contributed by atoms with Crippen LogP contribution in [0.3, 0.4) is 0 Å². The van der Waals surface area contributed by atoms with Crippen molar-refractivity contribution in [2.75, 3.05) is 33.0 Å². The van der Waals surface area contributed by atoms with Crippen LogP contribution in [0.1, 0.15) is 149 Å². The summed E-state index contributed by atoms with van der Waals surface area (Å²) in [6.45, 7) is 4.89. The molecule has 9 heteroatoms. The number of phosphoric acid groups is 1. The summed E-state index contributed by atoms with van der Waals surface area (Å²) in [5.74, 6) is -0.332. The second-order valence-corrected chi connectivity index (χ2v) is 12.1. The first-order valence-corrected chi connectivity index (χ1v) is 17.5. The summed E-state index contributed by atoms with van der Waals surface area (Å²) in [6, 6.07) is 0. The maximum atomic E-state index is 12.4. The molecule has 234 valence electrons. The second kappa shape index (κ2) is 29.0. The fourth-order valence-corrected chi connectivity index (χ4v) is 5.17. The average molecular weight is 580 g/mol. The first-order chi connectivity index (χ1) is 18.9. The smallest absolute Gasteiger partial charge is 0.457 e. The Morgan fingerprint density at radius 3 is 1.62 bits per heavy atom. The molecule has 3 N–H and O–H groups in total. The van der Waals surface area contributed by atoms with Crippen LogP contribution in [0, 0.1) is 0 Å². The van der Waals surface area contributed by atoms with Gasteiger partial charge in [-0.3, -0.25) is 13.8 Å². The lowest BCUT2D eigenvalue weighted by Crippen LogP contribution is -2.28. The Kier molecular flexibility index (Phi) is 28.6. The average Bonchev–Trinajstić information content (AvgIpc) is 2.92. The maximum absolute atomic E-state index is 12.4. The Morgan fingerprint density at radius 2 is 1.13 bits per heavy atom. The van der Waals surface area contributed by atoms with Gasteiger partial charge in [-0.05, 0) is 12.8 Å². The molecule has 0 spiro atoms. The summed E-state index contributed by atoms with van der Waals surface area (Å²) in [6.07, 6.45) is 24.0. The Bertz CT molecular complexity index is 580. The van der Waals surface area contributed by atoms with Gasteiger partial charge in [-0.15, -0.1) is 0 Å². The Hall–Kier alpha value is -0.500. The lowest BCUT2D eigenvalue weighted by molar-refractivity contribution is -0.154. The molecular formula is C30H62NO7P. The second-order valence-electron chi connectivity index (χ2n) is 10.7. The number of rotatable bonds is 31. The number of hydrogen-bond donors (Lipinski definition) is 2. The molecule has 2 atom stereocenters. The van der Waals surface area contributed by atoms with E-state index in [4.69, 9.17) is 24.3 Å². The molecule has 0 aliphatic carbocycles. The number of carbonyl (C=O) groups is 1. The minimum absolute atomic E-state index is 0.0912. The van der Waals surface area contributed by atoms with Gasteiger partial charge in [-0.25, -0.2) is 4.57 Å². The molecule has 0 saturated carbocycles. The number of nitrogens with two attached hydrogens (primary N) is 1. The zero-order chi connectivity index (χ0) is 28.9. The molecule has 0 bridgehead atoms. The summed E-state index contributed by atoms with van der Waals surface area (Å²) in [5, 5.41) is 0. The van der Waals surface area contributed by atoms with Crippen molar-refractivity contribution >= 4 is 13.8 Å². The number of hydrogen-bond acceptors (Lipinski definition) is 7. The molecule has 0 fully saturated rings. The van der Waals surface area contributed by atoms with Crippen molar-refractivity contribution < 1.29 is 32.8 Å². The van der Waals surface area contributed by atoms with Gasteiger partial charge in [0.1, 0.15) is 6.10 Å². The molecule has 0 aliphatic rings. The van der Waals surface area contributed by atoms with Gasteiger partial charge in [0.25, 0.3) is 0 Å². The van der Waals surface area contributed by atoms with Crippen LogP contribution in [-0.4, -0.2) is 49.9 Å². The number of unbranched alkanes of at least 4 members (excludes halogenated alkanes) is 18. The highest BCUT2D eigenvalue weighted by atomic mass is 31.2. The van der Waals surface area contributed by atoms with E-state index in [1.807, 2.05) is 0 Å². The van der Waals surface area contributed by atoms with Gasteiger partial charge >= 0.3 is 13.8 Å². The maximum Gasteiger partial charge on any atom is 0.472 e. The fraction of sp³-hybridized carbons (Fsp3) is 0.967. The van der Waals surface area contributed by atoms with Gasteiger partial charge in [0.15, 0.2) is 0 Å². The van der Waals surface area contributed by atoms with Crippen LogP contribution in [-0.2, 0) is 27.9 Å². The first kappa shape index (κ1) is 38.5. The molecule has 0 saturated heterocycles. The van der Waals surface area contributed by atoms with Gasteiger partial charge in [0.2, 0.25) is 0 Å². The predicted molar refractivity (Wildman–Crippen MR) is 160 cm³/mol. The van der Waals surface area contributed by atoms with Crippen LogP contribution < -0.4 is 5.73 Å². The van der Waals surface area contributed by atoms with Gasteiger partial charge < -0.3 is 20.1 Å². The summed E-state index contributed by atoms with van der Waals surface area (Å²) >= 11 is 0. The van der Waals surface area contributed by atoms with E-state index in [0.29, 0.717) is 13.0 Å². The lowest BCUT2D eigenvalue weighted by Gasteiger charge is -2.20. The van der Waals surface area contributed by atoms with Crippen LogP contribution in [0.2, 0.25) is 0 Å². The van der Waals surface area contributed by atoms with Crippen molar-refractivity contribution in [2.24, 2.45) is 5.73 Å². The third-order valence-electron chi connectivity index (χ3n) is 6.77. The van der Waals surface area contributed by atoms with Crippen LogP contribution >= 0.6 is 7.82 Å². The third-order valence-corrected chi connectivity index (χ3v) is 7.76. The largest absolute Gasteiger partial charge is 0.472 e. The summed E-state index contributed by atoms with van der Waals surface area (Å²) < 4.78 is 33.0. The van der Waals surface area contributed by atoms with Crippen LogP contribution in [0.15, 0.2) is 0 Å². The Balaban J connectivity index is 4.10. The van der Waals surface area contributed by atoms with Crippen LogP contribution in [0.25, 0.3) is 0 Å². The topological polar surface area (TPSA) is 117 Å². The van der Waals surface area contributed by atoms with Crippen LogP contribution in [0.5, 0.6) is 0 Å². The van der Waals surface area contributed by atoms with Crippen molar-refractivity contribution in [3.8, 4) is 0 Å². The van der Waals surface area contributed by atoms with Gasteiger partial charge in [-0.1, -0.05) is 129 Å². The summed E-state index contributed by atoms with van der Waals surface area (Å²) in [7, 11) is -4.25. The molecule has 39 heavy (non-hydrogen) atoms. The summed E-state index contributed by atoms with van der Waals surface area (Å²) in [5.41, 5.74) is 5.32. The van der Waals surface area contributed by atoms with E-state index in [2.05, 4.69) is 13.8 Å². The normalized spacial score (nSPS) is 13.8. The van der Waals surface area contributed by atoms with E-state index in [-0.39, 0.29) is 32.3 Å². The number of ether oxygens (including phenoxy) is 2. The monoisotopic (exact) mass is 579 g/mol. The van der Waals surface area contributed by atoms with E-state index in [1.54, 1.807) is 0 Å². The highest BCUT2D eigenvalue weighted by molar-refractivity contribution is 7.47. The molecular weight excluding hydrogens is 517 g/mol. The molecule has 0 aromatic rings. The van der Waals surface area contributed by atoms with Crippen LogP contribution in [0.4, 0.5) is 0 Å². The zero-order valence-electron chi connectivity index (χ0n) is 25.4. The Labute approximate surface area is 240 Å². The van der Waals surface area contributed by atoms with Crippen molar-refractivity contribution in [3.05, 3.63) is 0 Å². The van der Waals surface area contributed by atoms with Crippen molar-refractivity contribution in [2.45, 2.75) is 155 Å². The van der Waals surface area contributed by atoms with E-state index in [0.717, 1.165) is 32.1 Å². The van der Waals surface area contributed by atoms with Gasteiger partial charge in [0.05, 0.1) is 19.8 Å². The molecule has 0 heterocycles. The van der Waals surface area contributed by atoms with E-state index in [1.165, 1.54) is 96.3 Å². The summed E-state index contributed by atoms with van der Waals surface area (Å²) in [4.78, 5) is 22.2. The SMILES string of the molecule is CCCCCCCCCCCCCCCC(=O)OC(COCCCCCCCCC)COP(=O)(O)OCCN. The predicted octanol–water partition coefficient (Wildman–Crippen LogP) is 8.24. The minimum atomic E-state index is -4.25. The molecule has 0 radical (unpaired) electrons. The molecule has 8 nitrogen and oxygen atoms in total. The van der Waals surface area contributed by atoms with E-state index >= 15 is 0 Å². The molecule has 0 aromatic carbocycles. The van der Waals surface area contributed by atoms with E-state index in [9.17, 15) is 14.3 Å². The zero-order valence-corrected chi connectivity index (χ0v) is 26.3. The number of carbonyl (C=O) groups excluding carboxylic acids is 1. The van der Waals surface area contributed by atoms with E-state index < -0.39 is 13.9 Å². The molecule has 0 aliphatic heterocycles.